The molecule has 2 aromatic rings. The van der Waals surface area contributed by atoms with Crippen LogP contribution in [0.4, 0.5) is 11.4 Å². The first kappa shape index (κ1) is 27.4. The number of carbonyl (C=O) groups is 2. The minimum absolute atomic E-state index is 0.0554. The van der Waals surface area contributed by atoms with Crippen LogP contribution in [0.25, 0.3) is 0 Å². The van der Waals surface area contributed by atoms with Crippen molar-refractivity contribution in [2.24, 2.45) is 0 Å². The first-order valence-corrected chi connectivity index (χ1v) is 12.7. The summed E-state index contributed by atoms with van der Waals surface area (Å²) >= 11 is 12.2. The van der Waals surface area contributed by atoms with Crippen LogP contribution in [0.15, 0.2) is 42.5 Å². The standard InChI is InChI=1S/C21H24Cl2N4O6S/c1-4-24-21(29)14(2)25(12-15-8-9-16(22)10-19(15)23)20(28)13-26(34(3,32)33)17-6-5-7-18(11-17)27(30)31/h5-11,14H,4,12-13H2,1-3H3,(H,24,29). The number of nitrogens with zero attached hydrogens (tertiary/aromatic N) is 3. The van der Waals surface area contributed by atoms with Crippen LogP contribution in [0.5, 0.6) is 0 Å². The first-order chi connectivity index (χ1) is 15.8. The minimum Gasteiger partial charge on any atom is -0.355 e. The highest BCUT2D eigenvalue weighted by Crippen LogP contribution is 2.25. The molecule has 0 saturated heterocycles. The van der Waals surface area contributed by atoms with Gasteiger partial charge in [0.1, 0.15) is 12.6 Å². The van der Waals surface area contributed by atoms with Gasteiger partial charge in [0, 0.05) is 35.3 Å². The Morgan fingerprint density at radius 2 is 1.85 bits per heavy atom. The summed E-state index contributed by atoms with van der Waals surface area (Å²) < 4.78 is 25.7. The predicted octanol–water partition coefficient (Wildman–Crippen LogP) is 3.22. The zero-order valence-corrected chi connectivity index (χ0v) is 21.0. The van der Waals surface area contributed by atoms with E-state index in [9.17, 15) is 28.1 Å². The van der Waals surface area contributed by atoms with E-state index in [4.69, 9.17) is 23.2 Å². The van der Waals surface area contributed by atoms with E-state index >= 15 is 0 Å². The number of hydrogen-bond acceptors (Lipinski definition) is 6. The highest BCUT2D eigenvalue weighted by molar-refractivity contribution is 7.92. The van der Waals surface area contributed by atoms with E-state index in [0.717, 1.165) is 16.6 Å². The lowest BCUT2D eigenvalue weighted by Gasteiger charge is -2.31. The second-order valence-corrected chi connectivity index (χ2v) is 10.1. The van der Waals surface area contributed by atoms with Crippen molar-refractivity contribution in [3.05, 3.63) is 68.2 Å². The van der Waals surface area contributed by atoms with Gasteiger partial charge in [-0.1, -0.05) is 35.3 Å². The maximum absolute atomic E-state index is 13.4. The number of rotatable bonds is 10. The van der Waals surface area contributed by atoms with Crippen molar-refractivity contribution in [3.63, 3.8) is 0 Å². The summed E-state index contributed by atoms with van der Waals surface area (Å²) in [4.78, 5) is 37.5. The fraction of sp³-hybridized carbons (Fsp3) is 0.333. The van der Waals surface area contributed by atoms with Gasteiger partial charge >= 0.3 is 0 Å². The topological polar surface area (TPSA) is 130 Å². The third kappa shape index (κ3) is 7.05. The summed E-state index contributed by atoms with van der Waals surface area (Å²) in [5, 5.41) is 14.4. The summed E-state index contributed by atoms with van der Waals surface area (Å²) in [6.45, 7) is 2.77. The number of carbonyl (C=O) groups excluding carboxylic acids is 2. The molecule has 1 unspecified atom stereocenters. The van der Waals surface area contributed by atoms with Gasteiger partial charge in [-0.05, 0) is 37.6 Å². The zero-order chi connectivity index (χ0) is 25.6. The van der Waals surface area contributed by atoms with Crippen molar-refractivity contribution < 1.29 is 22.9 Å². The Morgan fingerprint density at radius 3 is 2.41 bits per heavy atom. The third-order valence-electron chi connectivity index (χ3n) is 4.88. The molecule has 0 spiro atoms. The molecule has 0 radical (unpaired) electrons. The molecule has 2 rings (SSSR count). The molecule has 0 aromatic heterocycles. The molecule has 34 heavy (non-hydrogen) atoms. The van der Waals surface area contributed by atoms with Crippen molar-refractivity contribution in [1.82, 2.24) is 10.2 Å². The number of hydrogen-bond donors (Lipinski definition) is 1. The Hall–Kier alpha value is -2.89. The number of likely N-dealkylation sites (N-methyl/N-ethyl adjacent to an activating group) is 1. The van der Waals surface area contributed by atoms with Gasteiger partial charge in [0.05, 0.1) is 16.9 Å². The van der Waals surface area contributed by atoms with Gasteiger partial charge in [0.2, 0.25) is 21.8 Å². The molecule has 2 aromatic carbocycles. The van der Waals surface area contributed by atoms with E-state index in [1.165, 1.54) is 36.1 Å². The van der Waals surface area contributed by atoms with Crippen molar-refractivity contribution in [2.75, 3.05) is 23.7 Å². The zero-order valence-electron chi connectivity index (χ0n) is 18.7. The van der Waals surface area contributed by atoms with Gasteiger partial charge in [-0.25, -0.2) is 8.42 Å². The Bertz CT molecular complexity index is 1190. The SMILES string of the molecule is CCNC(=O)C(C)N(Cc1ccc(Cl)cc1Cl)C(=O)CN(c1cccc([N+](=O)[O-])c1)S(C)(=O)=O. The van der Waals surface area contributed by atoms with Gasteiger partial charge < -0.3 is 10.2 Å². The molecule has 184 valence electrons. The fourth-order valence-corrected chi connectivity index (χ4v) is 4.42. The number of nitro groups is 1. The molecule has 2 amide bonds. The number of sulfonamides is 1. The van der Waals surface area contributed by atoms with Crippen molar-refractivity contribution in [3.8, 4) is 0 Å². The molecule has 13 heteroatoms. The molecule has 1 N–H and O–H groups in total. The lowest BCUT2D eigenvalue weighted by Crippen LogP contribution is -2.51. The number of nitro benzene ring substituents is 1. The van der Waals surface area contributed by atoms with Crippen molar-refractivity contribution >= 4 is 56.4 Å². The number of nitrogens with one attached hydrogen (secondary N) is 1. The molecule has 1 atom stereocenters. The molecular weight excluding hydrogens is 507 g/mol. The van der Waals surface area contributed by atoms with Crippen LogP contribution in [0.1, 0.15) is 19.4 Å². The lowest BCUT2D eigenvalue weighted by atomic mass is 10.1. The van der Waals surface area contributed by atoms with E-state index in [1.54, 1.807) is 19.1 Å². The average molecular weight is 531 g/mol. The number of halogens is 2. The largest absolute Gasteiger partial charge is 0.355 e. The maximum atomic E-state index is 13.4. The molecule has 0 bridgehead atoms. The van der Waals surface area contributed by atoms with Crippen molar-refractivity contribution in [1.29, 1.82) is 0 Å². The smallest absolute Gasteiger partial charge is 0.271 e. The van der Waals surface area contributed by atoms with Crippen LogP contribution in [0.2, 0.25) is 10.0 Å². The Morgan fingerprint density at radius 1 is 1.18 bits per heavy atom. The fourth-order valence-electron chi connectivity index (χ4n) is 3.11. The number of benzene rings is 2. The van der Waals surface area contributed by atoms with Crippen molar-refractivity contribution in [2.45, 2.75) is 26.4 Å². The lowest BCUT2D eigenvalue weighted by molar-refractivity contribution is -0.384. The van der Waals surface area contributed by atoms with Gasteiger partial charge in [-0.3, -0.25) is 24.0 Å². The summed E-state index contributed by atoms with van der Waals surface area (Å²) in [6.07, 6.45) is 0.882. The highest BCUT2D eigenvalue weighted by atomic mass is 35.5. The summed E-state index contributed by atoms with van der Waals surface area (Å²) in [5.41, 5.74) is 0.108. The van der Waals surface area contributed by atoms with E-state index in [-0.39, 0.29) is 22.9 Å². The van der Waals surface area contributed by atoms with Gasteiger partial charge in [-0.2, -0.15) is 0 Å². The van der Waals surface area contributed by atoms with E-state index in [1.807, 2.05) is 0 Å². The van der Waals surface area contributed by atoms with Crippen LogP contribution in [0, 0.1) is 10.1 Å². The third-order valence-corrected chi connectivity index (χ3v) is 6.61. The van der Waals surface area contributed by atoms with Crippen LogP contribution in [0.3, 0.4) is 0 Å². The van der Waals surface area contributed by atoms with Crippen LogP contribution < -0.4 is 9.62 Å². The molecule has 0 fully saturated rings. The second-order valence-electron chi connectivity index (χ2n) is 7.37. The molecule has 0 aliphatic heterocycles. The van der Waals surface area contributed by atoms with Crippen LogP contribution in [-0.4, -0.2) is 55.4 Å². The molecule has 0 saturated carbocycles. The predicted molar refractivity (Wildman–Crippen MR) is 130 cm³/mol. The van der Waals surface area contributed by atoms with E-state index in [0.29, 0.717) is 17.1 Å². The van der Waals surface area contributed by atoms with E-state index in [2.05, 4.69) is 5.32 Å². The summed E-state index contributed by atoms with van der Waals surface area (Å²) in [6, 6.07) is 8.63. The average Bonchev–Trinajstić information content (AvgIpc) is 2.75. The quantitative estimate of drug-likeness (QED) is 0.370. The molecular formula is C21H24Cl2N4O6S. The maximum Gasteiger partial charge on any atom is 0.271 e. The number of non-ortho nitro benzene ring substituents is 1. The molecule has 0 heterocycles. The monoisotopic (exact) mass is 530 g/mol. The Balaban J connectivity index is 2.45. The van der Waals surface area contributed by atoms with Crippen LogP contribution in [-0.2, 0) is 26.2 Å². The summed E-state index contributed by atoms with van der Waals surface area (Å²) in [5.74, 6) is -1.15. The minimum atomic E-state index is -4.01. The molecule has 0 aliphatic carbocycles. The van der Waals surface area contributed by atoms with Gasteiger partial charge in [-0.15, -0.1) is 0 Å². The molecule has 0 aliphatic rings. The number of anilines is 1. The Labute approximate surface area is 207 Å². The highest BCUT2D eigenvalue weighted by Gasteiger charge is 2.30. The van der Waals surface area contributed by atoms with Gasteiger partial charge in [0.15, 0.2) is 0 Å². The second kappa shape index (κ2) is 11.5. The van der Waals surface area contributed by atoms with E-state index < -0.39 is 39.3 Å². The van der Waals surface area contributed by atoms with Crippen LogP contribution >= 0.6 is 23.2 Å². The summed E-state index contributed by atoms with van der Waals surface area (Å²) in [7, 11) is -4.01. The molecule has 10 nitrogen and oxygen atoms in total. The number of amides is 2. The van der Waals surface area contributed by atoms with Gasteiger partial charge in [0.25, 0.3) is 5.69 Å². The first-order valence-electron chi connectivity index (χ1n) is 10.1. The normalized spacial score (nSPS) is 12.0. The Kier molecular flexibility index (Phi) is 9.25.